The lowest BCUT2D eigenvalue weighted by Gasteiger charge is -2.07. The van der Waals surface area contributed by atoms with E-state index in [0.29, 0.717) is 12.2 Å². The minimum Gasteiger partial charge on any atom is -0.334 e. The Hall–Kier alpha value is -1.86. The molecule has 1 aromatic heterocycles. The Balaban J connectivity index is 2.26. The molecule has 0 radical (unpaired) electrons. The third-order valence-electron chi connectivity index (χ3n) is 2.18. The van der Waals surface area contributed by atoms with E-state index in [9.17, 15) is 8.42 Å². The van der Waals surface area contributed by atoms with Gasteiger partial charge in [0.05, 0.1) is 12.5 Å². The molecule has 7 heteroatoms. The molecule has 17 heavy (non-hydrogen) atoms. The number of anilines is 1. The van der Waals surface area contributed by atoms with Crippen LogP contribution in [0.1, 0.15) is 5.56 Å². The van der Waals surface area contributed by atoms with Gasteiger partial charge in [-0.15, -0.1) is 0 Å². The number of nitrogens with two attached hydrogens (primary N) is 1. The Morgan fingerprint density at radius 3 is 2.88 bits per heavy atom. The molecule has 6 nitrogen and oxygen atoms in total. The summed E-state index contributed by atoms with van der Waals surface area (Å²) in [5, 5.41) is 0.0238. The van der Waals surface area contributed by atoms with E-state index in [0.717, 1.165) is 5.56 Å². The second-order valence-electron chi connectivity index (χ2n) is 3.43. The van der Waals surface area contributed by atoms with Gasteiger partial charge in [0, 0.05) is 12.2 Å². The zero-order valence-corrected chi connectivity index (χ0v) is 9.74. The molecule has 0 atom stereocenters. The summed E-state index contributed by atoms with van der Waals surface area (Å²) in [6.45, 7) is 0.361. The quantitative estimate of drug-likeness (QED) is 0.744. The van der Waals surface area contributed by atoms with E-state index >= 15 is 0 Å². The second kappa shape index (κ2) is 4.56. The number of nitrogens with one attached hydrogen (secondary N) is 2. The van der Waals surface area contributed by atoms with Crippen LogP contribution < -0.4 is 10.5 Å². The molecule has 0 amide bonds. The van der Waals surface area contributed by atoms with Crippen LogP contribution in [0.15, 0.2) is 41.8 Å². The molecule has 1 heterocycles. The molecule has 90 valence electrons. The van der Waals surface area contributed by atoms with Crippen LogP contribution in [0.2, 0.25) is 0 Å². The summed E-state index contributed by atoms with van der Waals surface area (Å²) in [7, 11) is -3.60. The SMILES string of the molecule is NCc1cccc(NS(=O)(=O)c2cnc[nH]2)c1. The Morgan fingerprint density at radius 2 is 2.24 bits per heavy atom. The number of rotatable bonds is 4. The lowest BCUT2D eigenvalue weighted by molar-refractivity contribution is 0.598. The maximum atomic E-state index is 11.8. The van der Waals surface area contributed by atoms with Crippen molar-refractivity contribution in [3.8, 4) is 0 Å². The monoisotopic (exact) mass is 252 g/mol. The second-order valence-corrected chi connectivity index (χ2v) is 5.08. The Morgan fingerprint density at radius 1 is 1.41 bits per heavy atom. The van der Waals surface area contributed by atoms with Gasteiger partial charge in [0.15, 0.2) is 5.03 Å². The zero-order chi connectivity index (χ0) is 12.3. The molecule has 4 N–H and O–H groups in total. The van der Waals surface area contributed by atoms with Crippen LogP contribution in [-0.2, 0) is 16.6 Å². The number of benzene rings is 1. The van der Waals surface area contributed by atoms with Crippen molar-refractivity contribution >= 4 is 15.7 Å². The van der Waals surface area contributed by atoms with Gasteiger partial charge in [-0.2, -0.15) is 8.42 Å². The van der Waals surface area contributed by atoms with E-state index < -0.39 is 10.0 Å². The highest BCUT2D eigenvalue weighted by Crippen LogP contribution is 2.15. The van der Waals surface area contributed by atoms with Crippen molar-refractivity contribution in [2.45, 2.75) is 11.6 Å². The summed E-state index contributed by atoms with van der Waals surface area (Å²) in [5.74, 6) is 0. The molecule has 1 aromatic carbocycles. The zero-order valence-electron chi connectivity index (χ0n) is 8.92. The smallest absolute Gasteiger partial charge is 0.278 e. The first-order valence-corrected chi connectivity index (χ1v) is 6.40. The van der Waals surface area contributed by atoms with Crippen LogP contribution in [0.3, 0.4) is 0 Å². The van der Waals surface area contributed by atoms with Gasteiger partial charge in [-0.05, 0) is 17.7 Å². The normalized spacial score (nSPS) is 11.4. The van der Waals surface area contributed by atoms with Gasteiger partial charge in [-0.1, -0.05) is 12.1 Å². The van der Waals surface area contributed by atoms with Gasteiger partial charge < -0.3 is 10.7 Å². The van der Waals surface area contributed by atoms with Gasteiger partial charge in [0.2, 0.25) is 0 Å². The number of hydrogen-bond acceptors (Lipinski definition) is 4. The molecule has 0 aliphatic heterocycles. The summed E-state index contributed by atoms with van der Waals surface area (Å²) in [5.41, 5.74) is 6.81. The standard InChI is InChI=1S/C10H12N4O2S/c11-5-8-2-1-3-9(4-8)14-17(15,16)10-6-12-7-13-10/h1-4,6-7,14H,5,11H2,(H,12,13). The number of nitrogens with zero attached hydrogens (tertiary/aromatic N) is 1. The van der Waals surface area contributed by atoms with Crippen LogP contribution in [0.25, 0.3) is 0 Å². The first-order chi connectivity index (χ1) is 8.12. The maximum absolute atomic E-state index is 11.8. The van der Waals surface area contributed by atoms with Crippen molar-refractivity contribution in [1.82, 2.24) is 9.97 Å². The Labute approximate surface area is 98.9 Å². The number of sulfonamides is 1. The molecule has 0 aliphatic rings. The maximum Gasteiger partial charge on any atom is 0.278 e. The average Bonchev–Trinajstić information content (AvgIpc) is 2.83. The highest BCUT2D eigenvalue weighted by molar-refractivity contribution is 7.92. The predicted molar refractivity (Wildman–Crippen MR) is 63.7 cm³/mol. The van der Waals surface area contributed by atoms with Crippen LogP contribution in [-0.4, -0.2) is 18.4 Å². The minimum atomic E-state index is -3.60. The summed E-state index contributed by atoms with van der Waals surface area (Å²) in [4.78, 5) is 6.21. The number of aromatic amines is 1. The summed E-state index contributed by atoms with van der Waals surface area (Å²) in [6, 6.07) is 6.92. The molecular weight excluding hydrogens is 240 g/mol. The average molecular weight is 252 g/mol. The van der Waals surface area contributed by atoms with E-state index in [-0.39, 0.29) is 5.03 Å². The molecule has 0 unspecified atom stereocenters. The van der Waals surface area contributed by atoms with Crippen LogP contribution >= 0.6 is 0 Å². The fraction of sp³-hybridized carbons (Fsp3) is 0.100. The molecule has 0 fully saturated rings. The Bertz CT molecular complexity index is 593. The van der Waals surface area contributed by atoms with Gasteiger partial charge in [0.25, 0.3) is 10.0 Å². The van der Waals surface area contributed by atoms with Crippen molar-refractivity contribution in [3.63, 3.8) is 0 Å². The lowest BCUT2D eigenvalue weighted by atomic mass is 10.2. The molecule has 0 bridgehead atoms. The number of imidazole rings is 1. The first-order valence-electron chi connectivity index (χ1n) is 4.92. The van der Waals surface area contributed by atoms with Crippen molar-refractivity contribution in [2.75, 3.05) is 4.72 Å². The molecule has 0 spiro atoms. The minimum absolute atomic E-state index is 0.0238. The van der Waals surface area contributed by atoms with Gasteiger partial charge in [0.1, 0.15) is 0 Å². The van der Waals surface area contributed by atoms with E-state index in [2.05, 4.69) is 14.7 Å². The van der Waals surface area contributed by atoms with E-state index in [1.807, 2.05) is 6.07 Å². The molecule has 2 aromatic rings. The highest BCUT2D eigenvalue weighted by Gasteiger charge is 2.15. The highest BCUT2D eigenvalue weighted by atomic mass is 32.2. The van der Waals surface area contributed by atoms with Crippen LogP contribution in [0.4, 0.5) is 5.69 Å². The summed E-state index contributed by atoms with van der Waals surface area (Å²) >= 11 is 0. The van der Waals surface area contributed by atoms with Gasteiger partial charge in [-0.3, -0.25) is 4.72 Å². The first kappa shape index (κ1) is 11.6. The van der Waals surface area contributed by atoms with E-state index in [1.165, 1.54) is 12.5 Å². The lowest BCUT2D eigenvalue weighted by Crippen LogP contribution is -2.13. The van der Waals surface area contributed by atoms with Gasteiger partial charge >= 0.3 is 0 Å². The fourth-order valence-corrected chi connectivity index (χ4v) is 2.32. The Kier molecular flexibility index (Phi) is 3.12. The number of hydrogen-bond donors (Lipinski definition) is 3. The fourth-order valence-electron chi connectivity index (χ4n) is 1.36. The molecule has 0 aliphatic carbocycles. The van der Waals surface area contributed by atoms with Gasteiger partial charge in [-0.25, -0.2) is 4.98 Å². The third-order valence-corrected chi connectivity index (χ3v) is 3.48. The predicted octanol–water partition coefficient (Wildman–Crippen LogP) is 0.669. The van der Waals surface area contributed by atoms with E-state index in [1.54, 1.807) is 18.2 Å². The molecule has 0 saturated heterocycles. The largest absolute Gasteiger partial charge is 0.334 e. The molecule has 0 saturated carbocycles. The molecule has 2 rings (SSSR count). The van der Waals surface area contributed by atoms with Crippen LogP contribution in [0.5, 0.6) is 0 Å². The molecular formula is C10H12N4O2S. The van der Waals surface area contributed by atoms with Crippen LogP contribution in [0, 0.1) is 0 Å². The van der Waals surface area contributed by atoms with Crippen molar-refractivity contribution in [2.24, 2.45) is 5.73 Å². The van der Waals surface area contributed by atoms with Crippen molar-refractivity contribution in [3.05, 3.63) is 42.4 Å². The summed E-state index contributed by atoms with van der Waals surface area (Å²) in [6.07, 6.45) is 2.56. The number of aromatic nitrogens is 2. The van der Waals surface area contributed by atoms with Crippen molar-refractivity contribution in [1.29, 1.82) is 0 Å². The van der Waals surface area contributed by atoms with Crippen molar-refractivity contribution < 1.29 is 8.42 Å². The topological polar surface area (TPSA) is 101 Å². The summed E-state index contributed by atoms with van der Waals surface area (Å²) < 4.78 is 26.1. The van der Waals surface area contributed by atoms with E-state index in [4.69, 9.17) is 5.73 Å². The number of H-pyrrole nitrogens is 1. The third kappa shape index (κ3) is 2.63.